The molecule has 0 aromatic heterocycles. The van der Waals surface area contributed by atoms with Gasteiger partial charge in [-0.2, -0.15) is 0 Å². The van der Waals surface area contributed by atoms with Crippen molar-refractivity contribution in [3.05, 3.63) is 36.4 Å². The Morgan fingerprint density at radius 3 is 2.59 bits per heavy atom. The average Bonchev–Trinajstić information content (AvgIpc) is 2.67. The Bertz CT molecular complexity index is 927. The number of piperidine rings is 1. The van der Waals surface area contributed by atoms with Crippen molar-refractivity contribution >= 4 is 26.7 Å². The lowest BCUT2D eigenvalue weighted by atomic mass is 10.1. The number of rotatable bonds is 7. The summed E-state index contributed by atoms with van der Waals surface area (Å²) in [5, 5.41) is 1.39. The van der Waals surface area contributed by atoms with Crippen molar-refractivity contribution in [1.29, 1.82) is 0 Å². The van der Waals surface area contributed by atoms with Gasteiger partial charge in [-0.15, -0.1) is 0 Å². The van der Waals surface area contributed by atoms with E-state index in [1.165, 1.54) is 0 Å². The lowest BCUT2D eigenvalue weighted by Crippen LogP contribution is -2.47. The summed E-state index contributed by atoms with van der Waals surface area (Å²) in [4.78, 5) is 14.0. The van der Waals surface area contributed by atoms with Gasteiger partial charge in [0.2, 0.25) is 15.9 Å². The summed E-state index contributed by atoms with van der Waals surface area (Å²) in [6.07, 6.45) is 2.42. The number of benzene rings is 2. The molecule has 1 aliphatic heterocycles. The van der Waals surface area contributed by atoms with Gasteiger partial charge in [-0.3, -0.25) is 4.79 Å². The lowest BCUT2D eigenvalue weighted by Gasteiger charge is -2.32. The largest absolute Gasteiger partial charge is 0.493 e. The topological polar surface area (TPSA) is 75.7 Å². The van der Waals surface area contributed by atoms with Crippen LogP contribution in [0.2, 0.25) is 0 Å². The molecule has 0 spiro atoms. The fraction of sp³-hybridized carbons (Fsp3) is 0.450. The molecular weight excluding hydrogens is 364 g/mol. The number of carbonyl (C=O) groups excluding carboxylic acids is 1. The molecule has 1 heterocycles. The number of nitrogens with zero attached hydrogens (tertiary/aromatic N) is 1. The smallest absolute Gasteiger partial charge is 0.241 e. The Morgan fingerprint density at radius 2 is 1.89 bits per heavy atom. The van der Waals surface area contributed by atoms with E-state index in [9.17, 15) is 13.2 Å². The number of hydrogen-bond donors (Lipinski definition) is 1. The zero-order chi connectivity index (χ0) is 19.4. The quantitative estimate of drug-likeness (QED) is 0.789. The number of fused-ring (bicyclic) bond motifs is 1. The van der Waals surface area contributed by atoms with E-state index in [1.807, 2.05) is 32.0 Å². The van der Waals surface area contributed by atoms with E-state index in [0.29, 0.717) is 30.7 Å². The van der Waals surface area contributed by atoms with E-state index in [2.05, 4.69) is 4.72 Å². The average molecular weight is 391 g/mol. The second-order valence-electron chi connectivity index (χ2n) is 6.79. The number of nitrogens with one attached hydrogen (secondary N) is 1. The van der Waals surface area contributed by atoms with Gasteiger partial charge in [-0.1, -0.05) is 24.3 Å². The van der Waals surface area contributed by atoms with Crippen molar-refractivity contribution < 1.29 is 17.9 Å². The Labute approximate surface area is 160 Å². The minimum absolute atomic E-state index is 0.0967. The van der Waals surface area contributed by atoms with Crippen LogP contribution in [-0.2, 0) is 14.8 Å². The van der Waals surface area contributed by atoms with Gasteiger partial charge in [0, 0.05) is 36.3 Å². The highest BCUT2D eigenvalue weighted by atomic mass is 32.2. The van der Waals surface area contributed by atoms with E-state index in [0.717, 1.165) is 18.2 Å². The first-order valence-corrected chi connectivity index (χ1v) is 10.9. The molecule has 7 heteroatoms. The van der Waals surface area contributed by atoms with Gasteiger partial charge in [0.15, 0.2) is 0 Å². The van der Waals surface area contributed by atoms with Gasteiger partial charge in [0.25, 0.3) is 0 Å². The summed E-state index contributed by atoms with van der Waals surface area (Å²) in [5.74, 6) is 0.763. The van der Waals surface area contributed by atoms with E-state index in [4.69, 9.17) is 4.74 Å². The minimum atomic E-state index is -3.71. The fourth-order valence-electron chi connectivity index (χ4n) is 3.47. The molecule has 1 aliphatic rings. The van der Waals surface area contributed by atoms with E-state index >= 15 is 0 Å². The third kappa shape index (κ3) is 4.25. The second kappa shape index (κ2) is 8.27. The summed E-state index contributed by atoms with van der Waals surface area (Å²) >= 11 is 0. The van der Waals surface area contributed by atoms with Crippen LogP contribution < -0.4 is 9.46 Å². The highest BCUT2D eigenvalue weighted by Gasteiger charge is 2.25. The normalized spacial score (nSPS) is 16.5. The predicted octanol–water partition coefficient (Wildman–Crippen LogP) is 2.92. The van der Waals surface area contributed by atoms with Crippen LogP contribution in [0.3, 0.4) is 0 Å². The number of sulfonamides is 1. The molecule has 1 N–H and O–H groups in total. The third-order valence-electron chi connectivity index (χ3n) is 4.89. The Kier molecular flexibility index (Phi) is 6.01. The monoisotopic (exact) mass is 390 g/mol. The summed E-state index contributed by atoms with van der Waals surface area (Å²) < 4.78 is 34.1. The van der Waals surface area contributed by atoms with Gasteiger partial charge in [-0.25, -0.2) is 13.1 Å². The van der Waals surface area contributed by atoms with Crippen molar-refractivity contribution in [2.24, 2.45) is 0 Å². The number of likely N-dealkylation sites (tertiary alicyclic amines) is 1. The van der Waals surface area contributed by atoms with Gasteiger partial charge < -0.3 is 9.64 Å². The number of ether oxygens (including phenoxy) is 1. The third-order valence-corrected chi connectivity index (χ3v) is 6.38. The van der Waals surface area contributed by atoms with Gasteiger partial charge in [0.05, 0.1) is 11.5 Å². The van der Waals surface area contributed by atoms with Crippen molar-refractivity contribution in [3.8, 4) is 5.75 Å². The molecule has 0 saturated carbocycles. The molecule has 3 rings (SSSR count). The molecule has 0 aliphatic carbocycles. The first-order chi connectivity index (χ1) is 12.9. The molecule has 1 atom stereocenters. The van der Waals surface area contributed by atoms with Crippen LogP contribution in [0.4, 0.5) is 0 Å². The molecule has 1 unspecified atom stereocenters. The standard InChI is InChI=1S/C20H26N2O4S/c1-3-26-18-11-12-19(17-9-5-4-8-16(17)18)27(24,25)21-14-15(2)22-13-7-6-10-20(22)23/h4-5,8-9,11-12,15,21H,3,6-7,10,13-14H2,1-2H3. The maximum atomic E-state index is 12.9. The van der Waals surface area contributed by atoms with Gasteiger partial charge >= 0.3 is 0 Å². The molecule has 6 nitrogen and oxygen atoms in total. The molecule has 1 amide bonds. The molecule has 1 fully saturated rings. The summed E-state index contributed by atoms with van der Waals surface area (Å²) in [7, 11) is -3.71. The van der Waals surface area contributed by atoms with Crippen LogP contribution in [0.5, 0.6) is 5.75 Å². The van der Waals surface area contributed by atoms with Crippen LogP contribution in [0.15, 0.2) is 41.3 Å². The molecule has 1 saturated heterocycles. The highest BCUT2D eigenvalue weighted by Crippen LogP contribution is 2.31. The van der Waals surface area contributed by atoms with Crippen molar-refractivity contribution in [3.63, 3.8) is 0 Å². The van der Waals surface area contributed by atoms with Crippen LogP contribution in [-0.4, -0.2) is 45.0 Å². The zero-order valence-electron chi connectivity index (χ0n) is 15.8. The summed E-state index contributed by atoms with van der Waals surface area (Å²) in [5.41, 5.74) is 0. The second-order valence-corrected chi connectivity index (χ2v) is 8.52. The number of carbonyl (C=O) groups is 1. The Hall–Kier alpha value is -2.12. The van der Waals surface area contributed by atoms with E-state index in [-0.39, 0.29) is 23.4 Å². The van der Waals surface area contributed by atoms with Crippen molar-refractivity contribution in [1.82, 2.24) is 9.62 Å². The predicted molar refractivity (Wildman–Crippen MR) is 105 cm³/mol. The molecule has 0 radical (unpaired) electrons. The van der Waals surface area contributed by atoms with Crippen LogP contribution in [0.25, 0.3) is 10.8 Å². The molecule has 2 aromatic rings. The molecule has 2 aromatic carbocycles. The van der Waals surface area contributed by atoms with Gasteiger partial charge in [0.1, 0.15) is 5.75 Å². The van der Waals surface area contributed by atoms with Gasteiger partial charge in [-0.05, 0) is 38.8 Å². The molecule has 27 heavy (non-hydrogen) atoms. The van der Waals surface area contributed by atoms with Crippen molar-refractivity contribution in [2.45, 2.75) is 44.0 Å². The SMILES string of the molecule is CCOc1ccc(S(=O)(=O)NCC(C)N2CCCCC2=O)c2ccccc12. The summed E-state index contributed by atoms with van der Waals surface area (Å²) in [6.45, 7) is 5.16. The zero-order valence-corrected chi connectivity index (χ0v) is 16.6. The molecular formula is C20H26N2O4S. The number of amides is 1. The Morgan fingerprint density at radius 1 is 1.15 bits per heavy atom. The lowest BCUT2D eigenvalue weighted by molar-refractivity contribution is -0.135. The van der Waals surface area contributed by atoms with Crippen LogP contribution in [0.1, 0.15) is 33.1 Å². The summed E-state index contributed by atoms with van der Waals surface area (Å²) in [6, 6.07) is 10.4. The maximum absolute atomic E-state index is 12.9. The Balaban J connectivity index is 1.83. The first kappa shape index (κ1) is 19.6. The highest BCUT2D eigenvalue weighted by molar-refractivity contribution is 7.89. The first-order valence-electron chi connectivity index (χ1n) is 9.37. The number of hydrogen-bond acceptors (Lipinski definition) is 4. The minimum Gasteiger partial charge on any atom is -0.493 e. The van der Waals surface area contributed by atoms with Crippen molar-refractivity contribution in [2.75, 3.05) is 19.7 Å². The fourth-order valence-corrected chi connectivity index (χ4v) is 4.80. The molecule has 0 bridgehead atoms. The van der Waals surface area contributed by atoms with E-state index in [1.54, 1.807) is 23.1 Å². The van der Waals surface area contributed by atoms with Crippen LogP contribution in [0, 0.1) is 0 Å². The molecule has 146 valence electrons. The maximum Gasteiger partial charge on any atom is 0.241 e. The van der Waals surface area contributed by atoms with Crippen LogP contribution >= 0.6 is 0 Å². The van der Waals surface area contributed by atoms with E-state index < -0.39 is 10.0 Å².